The number of H-pyrrole nitrogens is 1. The second-order valence-electron chi connectivity index (χ2n) is 13.3. The summed E-state index contributed by atoms with van der Waals surface area (Å²) < 4.78 is 6.10. The summed E-state index contributed by atoms with van der Waals surface area (Å²) in [6.45, 7) is 8.71. The maximum Gasteiger partial charge on any atom is 0.410 e. The molecular weight excluding hydrogens is 604 g/mol. The van der Waals surface area contributed by atoms with Crippen LogP contribution in [-0.2, 0) is 22.5 Å². The van der Waals surface area contributed by atoms with Crippen molar-refractivity contribution in [2.75, 3.05) is 64.7 Å². The Morgan fingerprint density at radius 3 is 2.48 bits per heavy atom. The first-order valence-corrected chi connectivity index (χ1v) is 17.5. The van der Waals surface area contributed by atoms with Gasteiger partial charge in [0.15, 0.2) is 6.10 Å². The van der Waals surface area contributed by atoms with Crippen molar-refractivity contribution in [2.24, 2.45) is 0 Å². The highest BCUT2D eigenvalue weighted by molar-refractivity contribution is 7.08. The summed E-state index contributed by atoms with van der Waals surface area (Å²) in [5, 5.41) is 15.2. The van der Waals surface area contributed by atoms with E-state index in [2.05, 4.69) is 37.7 Å². The van der Waals surface area contributed by atoms with Crippen LogP contribution >= 0.6 is 11.3 Å². The van der Waals surface area contributed by atoms with Crippen LogP contribution in [0.5, 0.6) is 0 Å². The molecule has 3 fully saturated rings. The van der Waals surface area contributed by atoms with Crippen molar-refractivity contribution in [3.63, 3.8) is 0 Å². The van der Waals surface area contributed by atoms with Crippen LogP contribution in [0.3, 0.4) is 0 Å². The fourth-order valence-electron chi connectivity index (χ4n) is 7.54. The molecule has 4 aliphatic rings. The molecule has 13 heteroatoms. The molecule has 0 spiro atoms. The average molecular weight is 649 g/mol. The molecule has 4 amide bonds. The number of thiophene rings is 1. The van der Waals surface area contributed by atoms with Crippen molar-refractivity contribution < 1.29 is 19.1 Å². The Balaban J connectivity index is 1.00. The fourth-order valence-corrected chi connectivity index (χ4v) is 8.32. The summed E-state index contributed by atoms with van der Waals surface area (Å²) in [4.78, 5) is 50.8. The maximum absolute atomic E-state index is 14.1. The zero-order valence-electron chi connectivity index (χ0n) is 26.7. The van der Waals surface area contributed by atoms with Crippen LogP contribution in [0.1, 0.15) is 42.4 Å². The standard InChI is InChI=1S/C33H44N8O4S/c1-22-15-23(16-24-18-34-36-30(22)24)17-29(31(42)39-13-11-38(12-14-39)26-3-7-37(2)8-4-26)45-33(44)40-9-5-27(6-10-40)41-19-25-20-46-21-28(25)35-32(41)43/h15-16,18,20-21,26-27,29H,3-14,17,19H2,1-2H3,(H,34,36)(H,35,43). The number of benzene rings is 1. The van der Waals surface area contributed by atoms with Gasteiger partial charge in [0.25, 0.3) is 5.91 Å². The summed E-state index contributed by atoms with van der Waals surface area (Å²) in [5.74, 6) is -0.132. The van der Waals surface area contributed by atoms with E-state index in [0.717, 1.165) is 72.3 Å². The molecule has 7 rings (SSSR count). The molecule has 246 valence electrons. The number of likely N-dealkylation sites (tertiary alicyclic amines) is 2. The first kappa shape index (κ1) is 30.9. The van der Waals surface area contributed by atoms with Crippen molar-refractivity contribution in [3.8, 4) is 0 Å². The summed E-state index contributed by atoms with van der Waals surface area (Å²) in [7, 11) is 2.18. The Kier molecular flexibility index (Phi) is 8.88. The Bertz CT molecular complexity index is 1570. The monoisotopic (exact) mass is 648 g/mol. The number of anilines is 1. The Hall–Kier alpha value is -3.68. The molecule has 0 saturated carbocycles. The fraction of sp³-hybridized carbons (Fsp3) is 0.576. The zero-order chi connectivity index (χ0) is 31.8. The largest absolute Gasteiger partial charge is 0.436 e. The lowest BCUT2D eigenvalue weighted by molar-refractivity contribution is -0.143. The maximum atomic E-state index is 14.1. The minimum atomic E-state index is -0.922. The highest BCUT2D eigenvalue weighted by Gasteiger charge is 2.37. The SMILES string of the molecule is Cc1cc(CC(OC(=O)N2CCC(N3Cc4cscc4NC3=O)CC2)C(=O)N2CCN(C3CCN(C)CC3)CC2)cc2cn[nH]c12. The van der Waals surface area contributed by atoms with Gasteiger partial charge in [0.1, 0.15) is 0 Å². The third-order valence-corrected chi connectivity index (χ3v) is 11.1. The van der Waals surface area contributed by atoms with E-state index in [-0.39, 0.29) is 18.0 Å². The Morgan fingerprint density at radius 2 is 1.72 bits per heavy atom. The van der Waals surface area contributed by atoms with E-state index in [0.29, 0.717) is 58.0 Å². The molecule has 4 aliphatic heterocycles. The van der Waals surface area contributed by atoms with E-state index in [9.17, 15) is 14.4 Å². The van der Waals surface area contributed by atoms with Crippen LogP contribution < -0.4 is 5.32 Å². The van der Waals surface area contributed by atoms with Crippen LogP contribution in [0.4, 0.5) is 15.3 Å². The van der Waals surface area contributed by atoms with Gasteiger partial charge in [-0.2, -0.15) is 5.10 Å². The Morgan fingerprint density at radius 1 is 0.978 bits per heavy atom. The molecule has 2 N–H and O–H groups in total. The number of amides is 4. The van der Waals surface area contributed by atoms with E-state index in [1.54, 1.807) is 22.4 Å². The van der Waals surface area contributed by atoms with Gasteiger partial charge in [-0.1, -0.05) is 6.07 Å². The van der Waals surface area contributed by atoms with Gasteiger partial charge in [-0.25, -0.2) is 9.59 Å². The van der Waals surface area contributed by atoms with Gasteiger partial charge in [-0.05, 0) is 75.3 Å². The molecule has 1 unspecified atom stereocenters. The minimum absolute atomic E-state index is 0.0417. The van der Waals surface area contributed by atoms with E-state index in [1.165, 1.54) is 0 Å². The molecule has 3 aromatic rings. The summed E-state index contributed by atoms with van der Waals surface area (Å²) in [5.41, 5.74) is 4.96. The molecule has 0 bridgehead atoms. The number of urea groups is 1. The van der Waals surface area contributed by atoms with E-state index in [4.69, 9.17) is 4.74 Å². The minimum Gasteiger partial charge on any atom is -0.436 e. The third-order valence-electron chi connectivity index (χ3n) is 10.3. The Labute approximate surface area is 273 Å². The predicted molar refractivity (Wildman–Crippen MR) is 177 cm³/mol. The van der Waals surface area contributed by atoms with Gasteiger partial charge in [-0.15, -0.1) is 11.3 Å². The molecule has 6 heterocycles. The molecule has 46 heavy (non-hydrogen) atoms. The number of piperazine rings is 1. The number of piperidine rings is 2. The molecule has 1 atom stereocenters. The van der Waals surface area contributed by atoms with Crippen molar-refractivity contribution in [1.29, 1.82) is 0 Å². The average Bonchev–Trinajstić information content (AvgIpc) is 3.74. The number of carbonyl (C=O) groups is 3. The van der Waals surface area contributed by atoms with Gasteiger partial charge in [-0.3, -0.25) is 14.8 Å². The number of carbonyl (C=O) groups excluding carboxylic acids is 3. The van der Waals surface area contributed by atoms with E-state index < -0.39 is 12.2 Å². The summed E-state index contributed by atoms with van der Waals surface area (Å²) in [6.07, 6.45) is 4.34. The number of nitrogens with zero attached hydrogens (tertiary/aromatic N) is 6. The molecule has 1 aromatic carbocycles. The van der Waals surface area contributed by atoms with Crippen LogP contribution in [0.25, 0.3) is 10.9 Å². The van der Waals surface area contributed by atoms with Crippen molar-refractivity contribution in [1.82, 2.24) is 34.7 Å². The number of nitrogens with one attached hydrogen (secondary N) is 2. The third kappa shape index (κ3) is 6.45. The first-order valence-electron chi connectivity index (χ1n) is 16.5. The lowest BCUT2D eigenvalue weighted by atomic mass is 10.0. The quantitative estimate of drug-likeness (QED) is 0.419. The van der Waals surface area contributed by atoms with Gasteiger partial charge in [0.2, 0.25) is 0 Å². The topological polar surface area (TPSA) is 117 Å². The number of ether oxygens (including phenoxy) is 1. The van der Waals surface area contributed by atoms with Crippen molar-refractivity contribution in [3.05, 3.63) is 45.8 Å². The predicted octanol–water partition coefficient (Wildman–Crippen LogP) is 3.73. The number of fused-ring (bicyclic) bond motifs is 2. The number of aromatic nitrogens is 2. The smallest absolute Gasteiger partial charge is 0.410 e. The number of rotatable bonds is 6. The van der Waals surface area contributed by atoms with Crippen molar-refractivity contribution in [2.45, 2.75) is 63.8 Å². The molecule has 12 nitrogen and oxygen atoms in total. The molecule has 3 saturated heterocycles. The van der Waals surface area contributed by atoms with Gasteiger partial charge < -0.3 is 29.7 Å². The zero-order valence-corrected chi connectivity index (χ0v) is 27.6. The first-order chi connectivity index (χ1) is 22.3. The van der Waals surface area contributed by atoms with Gasteiger partial charge >= 0.3 is 12.1 Å². The molecular formula is C33H44N8O4S. The number of hydrogen-bond acceptors (Lipinski definition) is 8. The number of hydrogen-bond donors (Lipinski definition) is 2. The van der Waals surface area contributed by atoms with Crippen LogP contribution in [0.2, 0.25) is 0 Å². The number of aryl methyl sites for hydroxylation is 1. The van der Waals surface area contributed by atoms with E-state index >= 15 is 0 Å². The van der Waals surface area contributed by atoms with Gasteiger partial charge in [0, 0.05) is 74.1 Å². The molecule has 0 radical (unpaired) electrons. The molecule has 2 aromatic heterocycles. The van der Waals surface area contributed by atoms with Crippen LogP contribution in [-0.4, -0.2) is 130 Å². The van der Waals surface area contributed by atoms with Gasteiger partial charge in [0.05, 0.1) is 23.9 Å². The molecule has 0 aliphatic carbocycles. The second-order valence-corrected chi connectivity index (χ2v) is 14.0. The summed E-state index contributed by atoms with van der Waals surface area (Å²) in [6, 6.07) is 4.59. The van der Waals surface area contributed by atoms with E-state index in [1.807, 2.05) is 34.2 Å². The summed E-state index contributed by atoms with van der Waals surface area (Å²) >= 11 is 1.59. The van der Waals surface area contributed by atoms with Crippen molar-refractivity contribution >= 4 is 46.0 Å². The highest BCUT2D eigenvalue weighted by Crippen LogP contribution is 2.31. The lowest BCUT2D eigenvalue weighted by Gasteiger charge is -2.43. The highest BCUT2D eigenvalue weighted by atomic mass is 32.1. The van der Waals surface area contributed by atoms with Crippen LogP contribution in [0, 0.1) is 6.92 Å². The van der Waals surface area contributed by atoms with Crippen LogP contribution in [0.15, 0.2) is 29.1 Å². The number of aromatic amines is 1. The normalized spacial score (nSPS) is 21.3. The lowest BCUT2D eigenvalue weighted by Crippen LogP contribution is -2.56. The second kappa shape index (κ2) is 13.2.